The van der Waals surface area contributed by atoms with Crippen LogP contribution in [0.3, 0.4) is 0 Å². The molecule has 26 heavy (non-hydrogen) atoms. The van der Waals surface area contributed by atoms with Crippen molar-refractivity contribution in [1.82, 2.24) is 16.0 Å². The van der Waals surface area contributed by atoms with Gasteiger partial charge in [-0.3, -0.25) is 9.79 Å². The number of halogens is 4. The minimum Gasteiger partial charge on any atom is -0.489 e. The van der Waals surface area contributed by atoms with Crippen molar-refractivity contribution in [2.24, 2.45) is 10.4 Å². The van der Waals surface area contributed by atoms with Gasteiger partial charge < -0.3 is 20.7 Å². The van der Waals surface area contributed by atoms with Crippen LogP contribution in [0.1, 0.15) is 13.8 Å². The van der Waals surface area contributed by atoms with Gasteiger partial charge in [0.25, 0.3) is 0 Å². The number of carbonyl (C=O) groups is 1. The van der Waals surface area contributed by atoms with Crippen molar-refractivity contribution >= 4 is 70.6 Å². The topological polar surface area (TPSA) is 74.8 Å². The van der Waals surface area contributed by atoms with Crippen LogP contribution >= 0.6 is 58.8 Å². The van der Waals surface area contributed by atoms with Gasteiger partial charge in [-0.1, -0.05) is 34.8 Å². The predicted molar refractivity (Wildman–Crippen MR) is 120 cm³/mol. The van der Waals surface area contributed by atoms with Crippen LogP contribution in [0.15, 0.2) is 17.1 Å². The fourth-order valence-corrected chi connectivity index (χ4v) is 2.86. The van der Waals surface area contributed by atoms with E-state index in [9.17, 15) is 4.79 Å². The van der Waals surface area contributed by atoms with Gasteiger partial charge in [-0.15, -0.1) is 24.0 Å². The third kappa shape index (κ3) is 7.94. The first-order valence-corrected chi connectivity index (χ1v) is 8.78. The largest absolute Gasteiger partial charge is 0.489 e. The van der Waals surface area contributed by atoms with E-state index in [2.05, 4.69) is 20.9 Å². The van der Waals surface area contributed by atoms with E-state index >= 15 is 0 Å². The number of carbonyl (C=O) groups excluding carboxylic acids is 1. The molecule has 0 fully saturated rings. The quantitative estimate of drug-likeness (QED) is 0.215. The molecule has 0 aliphatic carbocycles. The molecule has 1 amide bonds. The third-order valence-corrected chi connectivity index (χ3v) is 4.15. The number of amides is 1. The highest BCUT2D eigenvalue weighted by Crippen LogP contribution is 2.35. The highest BCUT2D eigenvalue weighted by molar-refractivity contribution is 14.0. The summed E-state index contributed by atoms with van der Waals surface area (Å²) in [4.78, 5) is 15.9. The Labute approximate surface area is 186 Å². The summed E-state index contributed by atoms with van der Waals surface area (Å²) in [7, 11) is 3.26. The van der Waals surface area contributed by atoms with Gasteiger partial charge in [-0.2, -0.15) is 0 Å². The summed E-state index contributed by atoms with van der Waals surface area (Å²) in [5, 5.41) is 9.99. The molecule has 1 aromatic rings. The zero-order valence-electron chi connectivity index (χ0n) is 15.1. The molecule has 3 N–H and O–H groups in total. The predicted octanol–water partition coefficient (Wildman–Crippen LogP) is 3.58. The van der Waals surface area contributed by atoms with E-state index in [1.54, 1.807) is 26.2 Å². The lowest BCUT2D eigenvalue weighted by atomic mass is 9.92. The molecule has 0 heterocycles. The van der Waals surface area contributed by atoms with Crippen LogP contribution in [0.25, 0.3) is 0 Å². The highest BCUT2D eigenvalue weighted by atomic mass is 127. The maximum absolute atomic E-state index is 11.8. The maximum Gasteiger partial charge on any atom is 0.227 e. The average Bonchev–Trinajstić information content (AvgIpc) is 2.54. The van der Waals surface area contributed by atoms with Crippen molar-refractivity contribution in [2.75, 3.05) is 33.8 Å². The summed E-state index contributed by atoms with van der Waals surface area (Å²) in [6.45, 7) is 4.91. The molecule has 6 nitrogen and oxygen atoms in total. The zero-order chi connectivity index (χ0) is 19.0. The van der Waals surface area contributed by atoms with Gasteiger partial charge >= 0.3 is 0 Å². The minimum absolute atomic E-state index is 0. The normalized spacial score (nSPS) is 11.4. The van der Waals surface area contributed by atoms with Crippen molar-refractivity contribution in [2.45, 2.75) is 13.8 Å². The molecule has 0 radical (unpaired) electrons. The monoisotopic (exact) mass is 536 g/mol. The molecule has 148 valence electrons. The van der Waals surface area contributed by atoms with E-state index in [1.165, 1.54) is 0 Å². The molecule has 0 aromatic heterocycles. The van der Waals surface area contributed by atoms with Crippen LogP contribution in [0.2, 0.25) is 15.1 Å². The lowest BCUT2D eigenvalue weighted by Gasteiger charge is -2.24. The van der Waals surface area contributed by atoms with Crippen molar-refractivity contribution in [3.8, 4) is 5.75 Å². The Bertz CT molecular complexity index is 619. The van der Waals surface area contributed by atoms with E-state index in [1.807, 2.05) is 13.8 Å². The van der Waals surface area contributed by atoms with Crippen LogP contribution in [-0.2, 0) is 4.79 Å². The van der Waals surface area contributed by atoms with Gasteiger partial charge in [0.05, 0.1) is 22.0 Å². The van der Waals surface area contributed by atoms with Gasteiger partial charge in [0, 0.05) is 25.7 Å². The summed E-state index contributed by atoms with van der Waals surface area (Å²) < 4.78 is 5.59. The first-order chi connectivity index (χ1) is 11.7. The molecule has 0 aliphatic rings. The summed E-state index contributed by atoms with van der Waals surface area (Å²) in [5.41, 5.74) is -0.562. The SMILES string of the molecule is CN=C(NCCOc1c(Cl)cc(Cl)cc1Cl)NCC(C)(C)C(=O)NC.I. The number of aliphatic imine (C=N–C) groups is 1. The second-order valence-electron chi connectivity index (χ2n) is 5.86. The Kier molecular flexibility index (Phi) is 11.7. The van der Waals surface area contributed by atoms with Crippen LogP contribution < -0.4 is 20.7 Å². The van der Waals surface area contributed by atoms with E-state index in [0.29, 0.717) is 46.5 Å². The van der Waals surface area contributed by atoms with E-state index < -0.39 is 5.41 Å². The van der Waals surface area contributed by atoms with Gasteiger partial charge in [-0.05, 0) is 26.0 Å². The summed E-state index contributed by atoms with van der Waals surface area (Å²) in [6.07, 6.45) is 0. The van der Waals surface area contributed by atoms with Crippen molar-refractivity contribution in [3.05, 3.63) is 27.2 Å². The smallest absolute Gasteiger partial charge is 0.227 e. The van der Waals surface area contributed by atoms with Crippen LogP contribution in [-0.4, -0.2) is 45.7 Å². The van der Waals surface area contributed by atoms with Gasteiger partial charge in [0.1, 0.15) is 6.61 Å². The van der Waals surface area contributed by atoms with Crippen LogP contribution in [0, 0.1) is 5.41 Å². The number of ether oxygens (including phenoxy) is 1. The molecule has 0 unspecified atom stereocenters. The molecule has 10 heteroatoms. The molecule has 0 atom stereocenters. The van der Waals surface area contributed by atoms with Crippen molar-refractivity contribution in [1.29, 1.82) is 0 Å². The molecule has 0 bridgehead atoms. The molecule has 0 saturated carbocycles. The Morgan fingerprint density at radius 1 is 1.19 bits per heavy atom. The maximum atomic E-state index is 11.8. The Hall–Kier alpha value is -0.640. The lowest BCUT2D eigenvalue weighted by Crippen LogP contribution is -2.47. The van der Waals surface area contributed by atoms with E-state index in [-0.39, 0.29) is 29.9 Å². The Morgan fingerprint density at radius 2 is 1.77 bits per heavy atom. The summed E-state index contributed by atoms with van der Waals surface area (Å²) in [6, 6.07) is 3.14. The fourth-order valence-electron chi connectivity index (χ4n) is 1.93. The number of hydrogen-bond donors (Lipinski definition) is 3. The standard InChI is InChI=1S/C16H23Cl3N4O2.HI/c1-16(2,14(24)20-3)9-23-15(21-4)22-5-6-25-13-11(18)7-10(17)8-12(13)19;/h7-8H,5-6,9H2,1-4H3,(H,20,24)(H2,21,22,23);1H. The molecular formula is C16H24Cl3IN4O2. The first-order valence-electron chi connectivity index (χ1n) is 7.65. The van der Waals surface area contributed by atoms with Gasteiger partial charge in [-0.25, -0.2) is 0 Å². The second kappa shape index (κ2) is 11.9. The number of benzene rings is 1. The molecular weight excluding hydrogens is 513 g/mol. The van der Waals surface area contributed by atoms with E-state index in [0.717, 1.165) is 0 Å². The number of rotatable bonds is 7. The first kappa shape index (κ1) is 25.4. The highest BCUT2D eigenvalue weighted by Gasteiger charge is 2.26. The average molecular weight is 538 g/mol. The number of guanidine groups is 1. The minimum atomic E-state index is -0.562. The number of nitrogens with one attached hydrogen (secondary N) is 3. The van der Waals surface area contributed by atoms with E-state index in [4.69, 9.17) is 39.5 Å². The van der Waals surface area contributed by atoms with Crippen molar-refractivity contribution < 1.29 is 9.53 Å². The van der Waals surface area contributed by atoms with Crippen LogP contribution in [0.4, 0.5) is 0 Å². The Balaban J connectivity index is 0.00000625. The molecule has 0 aliphatic heterocycles. The summed E-state index contributed by atoms with van der Waals surface area (Å²) in [5.74, 6) is 0.901. The number of nitrogens with zero attached hydrogens (tertiary/aromatic N) is 1. The summed E-state index contributed by atoms with van der Waals surface area (Å²) >= 11 is 18.0. The van der Waals surface area contributed by atoms with Crippen LogP contribution in [0.5, 0.6) is 5.75 Å². The molecule has 1 aromatic carbocycles. The second-order valence-corrected chi connectivity index (χ2v) is 7.11. The zero-order valence-corrected chi connectivity index (χ0v) is 19.7. The number of hydrogen-bond acceptors (Lipinski definition) is 3. The lowest BCUT2D eigenvalue weighted by molar-refractivity contribution is -0.128. The molecule has 1 rings (SSSR count). The third-order valence-electron chi connectivity index (χ3n) is 3.37. The van der Waals surface area contributed by atoms with Gasteiger partial charge in [0.2, 0.25) is 5.91 Å². The fraction of sp³-hybridized carbons (Fsp3) is 0.500. The Morgan fingerprint density at radius 3 is 2.27 bits per heavy atom. The molecule has 0 saturated heterocycles. The van der Waals surface area contributed by atoms with Gasteiger partial charge in [0.15, 0.2) is 11.7 Å². The molecule has 0 spiro atoms. The van der Waals surface area contributed by atoms with Crippen molar-refractivity contribution in [3.63, 3.8) is 0 Å².